The highest BCUT2D eigenvalue weighted by molar-refractivity contribution is 7.92. The van der Waals surface area contributed by atoms with Gasteiger partial charge in [-0.3, -0.25) is 13.9 Å². The molecular weight excluding hydrogens is 522 g/mol. The standard InChI is InChI=1S/C32H41N3O4S/c1-6-33-32(37)30(22-27-13-8-7-9-14-27)34(23-28-15-10-12-24(2)20-28)31(36)16-11-19-35(40(5,38)39)29-21-25(3)17-18-26(29)4/h7-10,12-15,17-18,20-21,30H,6,11,16,19,22-23H2,1-5H3,(H,33,37). The lowest BCUT2D eigenvalue weighted by molar-refractivity contribution is -0.141. The van der Waals surface area contributed by atoms with Gasteiger partial charge >= 0.3 is 0 Å². The van der Waals surface area contributed by atoms with Gasteiger partial charge in [0, 0.05) is 32.5 Å². The molecule has 1 unspecified atom stereocenters. The van der Waals surface area contributed by atoms with Crippen molar-refractivity contribution in [3.63, 3.8) is 0 Å². The normalized spacial score (nSPS) is 12.0. The fourth-order valence-electron chi connectivity index (χ4n) is 4.82. The van der Waals surface area contributed by atoms with Crippen LogP contribution >= 0.6 is 0 Å². The fraction of sp³-hybridized carbons (Fsp3) is 0.375. The van der Waals surface area contributed by atoms with Crippen LogP contribution in [0.4, 0.5) is 5.69 Å². The van der Waals surface area contributed by atoms with Crippen LogP contribution in [0.1, 0.15) is 47.6 Å². The Balaban J connectivity index is 1.88. The summed E-state index contributed by atoms with van der Waals surface area (Å²) in [5.74, 6) is -0.399. The lowest BCUT2D eigenvalue weighted by atomic mass is 10.0. The van der Waals surface area contributed by atoms with Crippen molar-refractivity contribution in [2.45, 2.75) is 59.5 Å². The molecule has 0 aliphatic heterocycles. The Labute approximate surface area is 239 Å². The first-order chi connectivity index (χ1) is 19.0. The lowest BCUT2D eigenvalue weighted by Crippen LogP contribution is -2.50. The van der Waals surface area contributed by atoms with Crippen molar-refractivity contribution in [1.82, 2.24) is 10.2 Å². The molecule has 8 heteroatoms. The monoisotopic (exact) mass is 563 g/mol. The summed E-state index contributed by atoms with van der Waals surface area (Å²) in [5, 5.41) is 2.91. The fourth-order valence-corrected chi connectivity index (χ4v) is 5.84. The average Bonchev–Trinajstić information content (AvgIpc) is 2.90. The number of hydrogen-bond acceptors (Lipinski definition) is 4. The van der Waals surface area contributed by atoms with E-state index in [0.717, 1.165) is 27.8 Å². The van der Waals surface area contributed by atoms with Crippen molar-refractivity contribution < 1.29 is 18.0 Å². The molecule has 0 aromatic heterocycles. The molecule has 0 saturated carbocycles. The minimum atomic E-state index is -3.56. The number of hydrogen-bond donors (Lipinski definition) is 1. The highest BCUT2D eigenvalue weighted by Crippen LogP contribution is 2.25. The van der Waals surface area contributed by atoms with E-state index < -0.39 is 16.1 Å². The van der Waals surface area contributed by atoms with Gasteiger partial charge in [0.1, 0.15) is 6.04 Å². The summed E-state index contributed by atoms with van der Waals surface area (Å²) in [7, 11) is -3.56. The van der Waals surface area contributed by atoms with Gasteiger partial charge in [0.2, 0.25) is 21.8 Å². The summed E-state index contributed by atoms with van der Waals surface area (Å²) in [4.78, 5) is 28.8. The van der Waals surface area contributed by atoms with E-state index >= 15 is 0 Å². The number of benzene rings is 3. The SMILES string of the molecule is CCNC(=O)C(Cc1ccccc1)N(Cc1cccc(C)c1)C(=O)CCCN(c1cc(C)ccc1C)S(C)(=O)=O. The molecule has 0 heterocycles. The third-order valence-electron chi connectivity index (χ3n) is 6.84. The topological polar surface area (TPSA) is 86.8 Å². The third-order valence-corrected chi connectivity index (χ3v) is 8.02. The quantitative estimate of drug-likeness (QED) is 0.319. The molecule has 3 aromatic carbocycles. The average molecular weight is 564 g/mol. The molecule has 1 N–H and O–H groups in total. The summed E-state index contributed by atoms with van der Waals surface area (Å²) in [6.07, 6.45) is 1.98. The molecule has 0 bridgehead atoms. The maximum Gasteiger partial charge on any atom is 0.243 e. The summed E-state index contributed by atoms with van der Waals surface area (Å²) in [5.41, 5.74) is 5.39. The van der Waals surface area contributed by atoms with Crippen LogP contribution in [0.2, 0.25) is 0 Å². The van der Waals surface area contributed by atoms with Gasteiger partial charge in [-0.1, -0.05) is 72.3 Å². The molecule has 0 radical (unpaired) electrons. The predicted molar refractivity (Wildman–Crippen MR) is 162 cm³/mol. The maximum atomic E-state index is 13.8. The molecule has 3 aromatic rings. The number of anilines is 1. The molecule has 3 rings (SSSR count). The summed E-state index contributed by atoms with van der Waals surface area (Å²) in [6.45, 7) is 8.55. The Kier molecular flexibility index (Phi) is 10.9. The van der Waals surface area contributed by atoms with E-state index in [-0.39, 0.29) is 31.3 Å². The van der Waals surface area contributed by atoms with E-state index in [9.17, 15) is 18.0 Å². The van der Waals surface area contributed by atoms with Crippen molar-refractivity contribution in [3.05, 3.63) is 101 Å². The first-order valence-corrected chi connectivity index (χ1v) is 15.6. The number of sulfonamides is 1. The number of carbonyl (C=O) groups is 2. The molecule has 0 saturated heterocycles. The first kappa shape index (κ1) is 30.9. The molecular formula is C32H41N3O4S. The van der Waals surface area contributed by atoms with Gasteiger partial charge in [0.25, 0.3) is 0 Å². The van der Waals surface area contributed by atoms with Gasteiger partial charge in [-0.05, 0) is 62.4 Å². The molecule has 0 fully saturated rings. The van der Waals surface area contributed by atoms with Crippen LogP contribution in [-0.4, -0.2) is 50.5 Å². The van der Waals surface area contributed by atoms with Crippen LogP contribution in [0.3, 0.4) is 0 Å². The van der Waals surface area contributed by atoms with Gasteiger partial charge in [0.05, 0.1) is 11.9 Å². The van der Waals surface area contributed by atoms with E-state index in [1.807, 2.05) is 100 Å². The number of carbonyl (C=O) groups excluding carboxylic acids is 2. The molecule has 2 amide bonds. The number of aryl methyl sites for hydroxylation is 3. The number of nitrogens with zero attached hydrogens (tertiary/aromatic N) is 2. The zero-order valence-electron chi connectivity index (χ0n) is 24.2. The van der Waals surface area contributed by atoms with Crippen molar-refractivity contribution in [3.8, 4) is 0 Å². The molecule has 0 spiro atoms. The van der Waals surface area contributed by atoms with Gasteiger partial charge in [0.15, 0.2) is 0 Å². The Morgan fingerprint density at radius 1 is 0.875 bits per heavy atom. The number of nitrogens with one attached hydrogen (secondary N) is 1. The van der Waals surface area contributed by atoms with Crippen LogP contribution in [0.5, 0.6) is 0 Å². The summed E-state index contributed by atoms with van der Waals surface area (Å²) in [6, 6.07) is 22.6. The van der Waals surface area contributed by atoms with Gasteiger partial charge in [-0.25, -0.2) is 8.42 Å². The van der Waals surface area contributed by atoms with Crippen molar-refractivity contribution in [1.29, 1.82) is 0 Å². The smallest absolute Gasteiger partial charge is 0.243 e. The van der Waals surface area contributed by atoms with E-state index in [4.69, 9.17) is 0 Å². The van der Waals surface area contributed by atoms with Gasteiger partial charge in [-0.2, -0.15) is 0 Å². The van der Waals surface area contributed by atoms with Crippen molar-refractivity contribution in [2.75, 3.05) is 23.7 Å². The van der Waals surface area contributed by atoms with Crippen molar-refractivity contribution in [2.24, 2.45) is 0 Å². The Morgan fingerprint density at radius 3 is 2.20 bits per heavy atom. The molecule has 0 aliphatic rings. The number of amides is 2. The van der Waals surface area contributed by atoms with E-state index in [1.165, 1.54) is 10.6 Å². The van der Waals surface area contributed by atoms with Crippen molar-refractivity contribution >= 4 is 27.5 Å². The number of rotatable bonds is 13. The van der Waals surface area contributed by atoms with Gasteiger partial charge in [-0.15, -0.1) is 0 Å². The highest BCUT2D eigenvalue weighted by Gasteiger charge is 2.30. The minimum Gasteiger partial charge on any atom is -0.355 e. The van der Waals surface area contributed by atoms with Crippen LogP contribution in [-0.2, 0) is 32.6 Å². The maximum absolute atomic E-state index is 13.8. The second-order valence-electron chi connectivity index (χ2n) is 10.3. The molecule has 40 heavy (non-hydrogen) atoms. The molecule has 7 nitrogen and oxygen atoms in total. The Morgan fingerprint density at radius 2 is 1.55 bits per heavy atom. The zero-order valence-corrected chi connectivity index (χ0v) is 25.0. The highest BCUT2D eigenvalue weighted by atomic mass is 32.2. The first-order valence-electron chi connectivity index (χ1n) is 13.7. The second-order valence-corrected chi connectivity index (χ2v) is 12.2. The summed E-state index contributed by atoms with van der Waals surface area (Å²) < 4.78 is 26.8. The Hall–Kier alpha value is -3.65. The minimum absolute atomic E-state index is 0.105. The molecule has 0 aliphatic carbocycles. The van der Waals surface area contributed by atoms with E-state index in [1.54, 1.807) is 4.90 Å². The lowest BCUT2D eigenvalue weighted by Gasteiger charge is -2.32. The largest absolute Gasteiger partial charge is 0.355 e. The summed E-state index contributed by atoms with van der Waals surface area (Å²) >= 11 is 0. The van der Waals surface area contributed by atoms with Gasteiger partial charge < -0.3 is 10.2 Å². The third kappa shape index (κ3) is 8.68. The molecule has 1 atom stereocenters. The molecule has 214 valence electrons. The predicted octanol–water partition coefficient (Wildman–Crippen LogP) is 4.93. The van der Waals surface area contributed by atoms with Crippen LogP contribution in [0.25, 0.3) is 0 Å². The van der Waals surface area contributed by atoms with Crippen LogP contribution < -0.4 is 9.62 Å². The van der Waals surface area contributed by atoms with Crippen LogP contribution in [0, 0.1) is 20.8 Å². The number of likely N-dealkylation sites (N-methyl/N-ethyl adjacent to an activating group) is 1. The van der Waals surface area contributed by atoms with E-state index in [2.05, 4.69) is 5.32 Å². The van der Waals surface area contributed by atoms with E-state index in [0.29, 0.717) is 25.1 Å². The Bertz CT molecular complexity index is 1410. The van der Waals surface area contributed by atoms with Crippen LogP contribution in [0.15, 0.2) is 72.8 Å². The zero-order chi connectivity index (χ0) is 29.3. The second kappa shape index (κ2) is 14.1.